The Labute approximate surface area is 149 Å². The molecule has 0 aromatic heterocycles. The summed E-state index contributed by atoms with van der Waals surface area (Å²) >= 11 is 0. The van der Waals surface area contributed by atoms with Crippen molar-refractivity contribution in [1.82, 2.24) is 14.5 Å². The number of piperazine rings is 1. The molecule has 1 amide bonds. The predicted octanol–water partition coefficient (Wildman–Crippen LogP) is 0.450. The number of hydrogen-bond donors (Lipinski definition) is 1. The number of carbonyl (C=O) groups is 1. The number of hydrogen-bond acceptors (Lipinski definition) is 5. The van der Waals surface area contributed by atoms with Gasteiger partial charge in [0.2, 0.25) is 10.0 Å². The van der Waals surface area contributed by atoms with Crippen LogP contribution in [0.1, 0.15) is 22.8 Å². The van der Waals surface area contributed by atoms with Crippen LogP contribution in [-0.2, 0) is 14.8 Å². The predicted molar refractivity (Wildman–Crippen MR) is 94.1 cm³/mol. The topological polar surface area (TPSA) is 79.0 Å². The number of nitrogens with zero attached hydrogens (tertiary/aromatic N) is 2. The van der Waals surface area contributed by atoms with E-state index in [1.165, 1.54) is 10.4 Å². The van der Waals surface area contributed by atoms with Crippen LogP contribution in [0.3, 0.4) is 0 Å². The number of benzene rings is 1. The maximum absolute atomic E-state index is 13.0. The van der Waals surface area contributed by atoms with Crippen LogP contribution in [0.4, 0.5) is 0 Å². The zero-order valence-corrected chi connectivity index (χ0v) is 15.5. The van der Waals surface area contributed by atoms with Crippen LogP contribution in [0.5, 0.6) is 0 Å². The molecule has 0 bridgehead atoms. The van der Waals surface area contributed by atoms with E-state index in [4.69, 9.17) is 4.74 Å². The zero-order chi connectivity index (χ0) is 18.0. The Morgan fingerprint density at radius 2 is 1.96 bits per heavy atom. The Morgan fingerprint density at radius 3 is 2.64 bits per heavy atom. The number of sulfonamides is 1. The van der Waals surface area contributed by atoms with Gasteiger partial charge in [0.15, 0.2) is 0 Å². The van der Waals surface area contributed by atoms with Crippen molar-refractivity contribution in [2.24, 2.45) is 0 Å². The van der Waals surface area contributed by atoms with Gasteiger partial charge in [0.25, 0.3) is 5.91 Å². The minimum absolute atomic E-state index is 0.0835. The molecule has 138 valence electrons. The highest BCUT2D eigenvalue weighted by atomic mass is 32.2. The lowest BCUT2D eigenvalue weighted by molar-refractivity contribution is 0.0654. The summed E-state index contributed by atoms with van der Waals surface area (Å²) < 4.78 is 32.3. The summed E-state index contributed by atoms with van der Waals surface area (Å²) in [6, 6.07) is 4.91. The summed E-state index contributed by atoms with van der Waals surface area (Å²) in [5.41, 5.74) is 1.25. The fourth-order valence-corrected chi connectivity index (χ4v) is 4.66. The first-order valence-electron chi connectivity index (χ1n) is 8.61. The molecule has 2 fully saturated rings. The van der Waals surface area contributed by atoms with E-state index < -0.39 is 10.0 Å². The molecule has 8 heteroatoms. The molecule has 0 spiro atoms. The molecule has 1 aromatic rings. The molecule has 2 heterocycles. The second-order valence-corrected chi connectivity index (χ2v) is 8.48. The molecule has 2 aliphatic heterocycles. The van der Waals surface area contributed by atoms with Gasteiger partial charge in [-0.15, -0.1) is 0 Å². The summed E-state index contributed by atoms with van der Waals surface area (Å²) in [6.07, 6.45) is 0. The molecule has 1 aromatic carbocycles. The van der Waals surface area contributed by atoms with Crippen molar-refractivity contribution in [3.05, 3.63) is 29.3 Å². The molecular formula is C17H25N3O4S. The first-order valence-corrected chi connectivity index (χ1v) is 10.1. The lowest BCUT2D eigenvalue weighted by Gasteiger charge is -2.34. The standard InChI is InChI=1S/C17H25N3O4S/c1-13-3-4-15(25(22,23)19-7-9-24-10-8-19)11-16(13)17(21)20-6-5-18-12-14(20)2/h3-4,11,14,18H,5-10,12H2,1-2H3/t14-/m1/s1. The minimum atomic E-state index is -3.61. The average Bonchev–Trinajstić information content (AvgIpc) is 2.62. The van der Waals surface area contributed by atoms with E-state index in [1.807, 2.05) is 18.7 Å². The Bertz CT molecular complexity index is 744. The van der Waals surface area contributed by atoms with Crippen molar-refractivity contribution < 1.29 is 17.9 Å². The van der Waals surface area contributed by atoms with Crippen molar-refractivity contribution in [2.75, 3.05) is 45.9 Å². The van der Waals surface area contributed by atoms with E-state index in [0.29, 0.717) is 38.4 Å². The van der Waals surface area contributed by atoms with E-state index in [1.54, 1.807) is 12.1 Å². The lowest BCUT2D eigenvalue weighted by Crippen LogP contribution is -2.52. The second kappa shape index (κ2) is 7.41. The van der Waals surface area contributed by atoms with Gasteiger partial charge < -0.3 is 15.0 Å². The summed E-state index contributed by atoms with van der Waals surface area (Å²) in [7, 11) is -3.61. The Hall–Kier alpha value is -1.48. The van der Waals surface area contributed by atoms with Crippen LogP contribution in [0.15, 0.2) is 23.1 Å². The van der Waals surface area contributed by atoms with Crippen molar-refractivity contribution in [2.45, 2.75) is 24.8 Å². The highest BCUT2D eigenvalue weighted by Crippen LogP contribution is 2.22. The van der Waals surface area contributed by atoms with Crippen LogP contribution in [0.25, 0.3) is 0 Å². The molecule has 7 nitrogen and oxygen atoms in total. The fraction of sp³-hybridized carbons (Fsp3) is 0.588. The first-order chi connectivity index (χ1) is 11.9. The quantitative estimate of drug-likeness (QED) is 0.839. The molecule has 0 unspecified atom stereocenters. The van der Waals surface area contributed by atoms with Crippen LogP contribution in [0, 0.1) is 6.92 Å². The molecule has 0 aliphatic carbocycles. The molecule has 1 N–H and O–H groups in total. The summed E-state index contributed by atoms with van der Waals surface area (Å²) in [6.45, 7) is 7.43. The maximum Gasteiger partial charge on any atom is 0.254 e. The third-order valence-electron chi connectivity index (χ3n) is 4.81. The Morgan fingerprint density at radius 1 is 1.24 bits per heavy atom. The van der Waals surface area contributed by atoms with Gasteiger partial charge in [0, 0.05) is 44.3 Å². The van der Waals surface area contributed by atoms with Gasteiger partial charge in [-0.25, -0.2) is 8.42 Å². The molecule has 0 radical (unpaired) electrons. The van der Waals surface area contributed by atoms with Crippen molar-refractivity contribution in [1.29, 1.82) is 0 Å². The van der Waals surface area contributed by atoms with Gasteiger partial charge in [-0.1, -0.05) is 6.07 Å². The third-order valence-corrected chi connectivity index (χ3v) is 6.70. The second-order valence-electron chi connectivity index (χ2n) is 6.54. The molecular weight excluding hydrogens is 342 g/mol. The van der Waals surface area contributed by atoms with E-state index in [-0.39, 0.29) is 16.8 Å². The van der Waals surface area contributed by atoms with Crippen molar-refractivity contribution in [3.63, 3.8) is 0 Å². The van der Waals surface area contributed by atoms with Gasteiger partial charge in [0.05, 0.1) is 18.1 Å². The van der Waals surface area contributed by atoms with E-state index >= 15 is 0 Å². The van der Waals surface area contributed by atoms with E-state index in [9.17, 15) is 13.2 Å². The van der Waals surface area contributed by atoms with E-state index in [0.717, 1.165) is 18.7 Å². The van der Waals surface area contributed by atoms with Crippen LogP contribution < -0.4 is 5.32 Å². The third kappa shape index (κ3) is 3.72. The van der Waals surface area contributed by atoms with Gasteiger partial charge in [-0.2, -0.15) is 4.31 Å². The molecule has 2 saturated heterocycles. The molecule has 0 saturated carbocycles. The van der Waals surface area contributed by atoms with Crippen molar-refractivity contribution >= 4 is 15.9 Å². The number of amides is 1. The van der Waals surface area contributed by atoms with Crippen LogP contribution in [0.2, 0.25) is 0 Å². The monoisotopic (exact) mass is 367 g/mol. The summed E-state index contributed by atoms with van der Waals surface area (Å²) in [5, 5.41) is 3.26. The smallest absolute Gasteiger partial charge is 0.254 e. The number of rotatable bonds is 3. The fourth-order valence-electron chi connectivity index (χ4n) is 3.23. The average molecular weight is 367 g/mol. The normalized spacial score (nSPS) is 22.8. The minimum Gasteiger partial charge on any atom is -0.379 e. The SMILES string of the molecule is Cc1ccc(S(=O)(=O)N2CCOCC2)cc1C(=O)N1CCNC[C@H]1C. The number of aryl methyl sites for hydroxylation is 1. The molecule has 25 heavy (non-hydrogen) atoms. The van der Waals surface area contributed by atoms with Crippen LogP contribution >= 0.6 is 0 Å². The summed E-state index contributed by atoms with van der Waals surface area (Å²) in [5.74, 6) is -0.106. The highest BCUT2D eigenvalue weighted by Gasteiger charge is 2.29. The lowest BCUT2D eigenvalue weighted by atomic mass is 10.1. The molecule has 2 aliphatic rings. The number of morpholine rings is 1. The molecule has 3 rings (SSSR count). The van der Waals surface area contributed by atoms with Gasteiger partial charge in [-0.3, -0.25) is 4.79 Å². The van der Waals surface area contributed by atoms with Crippen LogP contribution in [-0.4, -0.2) is 75.5 Å². The van der Waals surface area contributed by atoms with Gasteiger partial charge in [-0.05, 0) is 31.5 Å². The van der Waals surface area contributed by atoms with Crippen molar-refractivity contribution in [3.8, 4) is 0 Å². The maximum atomic E-state index is 13.0. The summed E-state index contributed by atoms with van der Waals surface area (Å²) in [4.78, 5) is 14.9. The number of ether oxygens (including phenoxy) is 1. The zero-order valence-electron chi connectivity index (χ0n) is 14.7. The van der Waals surface area contributed by atoms with Gasteiger partial charge in [0.1, 0.15) is 0 Å². The first kappa shape index (κ1) is 18.3. The highest BCUT2D eigenvalue weighted by molar-refractivity contribution is 7.89. The van der Waals surface area contributed by atoms with E-state index in [2.05, 4.69) is 5.32 Å². The Kier molecular flexibility index (Phi) is 5.43. The largest absolute Gasteiger partial charge is 0.379 e. The number of carbonyl (C=O) groups excluding carboxylic acids is 1. The van der Waals surface area contributed by atoms with Gasteiger partial charge >= 0.3 is 0 Å². The molecule has 1 atom stereocenters. The Balaban J connectivity index is 1.91. The number of nitrogens with one attached hydrogen (secondary N) is 1.